The van der Waals surface area contributed by atoms with Crippen LogP contribution in [0.15, 0.2) is 15.9 Å². The van der Waals surface area contributed by atoms with Crippen LogP contribution < -0.4 is 5.32 Å². The highest BCUT2D eigenvalue weighted by molar-refractivity contribution is 9.10. The number of thiophene rings is 1. The van der Waals surface area contributed by atoms with E-state index in [1.807, 2.05) is 11.3 Å². The summed E-state index contributed by atoms with van der Waals surface area (Å²) in [5, 5.41) is 5.68. The summed E-state index contributed by atoms with van der Waals surface area (Å²) >= 11 is 5.51. The molecule has 1 aromatic rings. The van der Waals surface area contributed by atoms with E-state index in [1.165, 1.54) is 41.7 Å². The number of likely N-dealkylation sites (N-methyl/N-ethyl adjacent to an activating group) is 1. The minimum atomic E-state index is 0.155. The van der Waals surface area contributed by atoms with E-state index >= 15 is 0 Å². The van der Waals surface area contributed by atoms with Crippen molar-refractivity contribution in [3.8, 4) is 0 Å². The first kappa shape index (κ1) is 14.5. The first-order valence-corrected chi connectivity index (χ1v) is 8.40. The minimum Gasteiger partial charge on any atom is -0.311 e. The van der Waals surface area contributed by atoms with E-state index in [1.54, 1.807) is 0 Å². The summed E-state index contributed by atoms with van der Waals surface area (Å²) in [5.74, 6) is 0. The van der Waals surface area contributed by atoms with Crippen molar-refractivity contribution < 1.29 is 0 Å². The Kier molecular flexibility index (Phi) is 4.86. The van der Waals surface area contributed by atoms with Crippen LogP contribution in [0.4, 0.5) is 0 Å². The highest BCUT2D eigenvalue weighted by atomic mass is 79.9. The Bertz CT molecular complexity index is 383. The molecule has 0 radical (unpaired) electrons. The molecule has 0 saturated carbocycles. The molecule has 1 aliphatic rings. The van der Waals surface area contributed by atoms with Gasteiger partial charge in [0.25, 0.3) is 0 Å². The fourth-order valence-corrected chi connectivity index (χ4v) is 4.86. The van der Waals surface area contributed by atoms with Crippen LogP contribution in [0.5, 0.6) is 0 Å². The van der Waals surface area contributed by atoms with Crippen molar-refractivity contribution in [1.29, 1.82) is 0 Å². The Balaban J connectivity index is 2.22. The van der Waals surface area contributed by atoms with Crippen molar-refractivity contribution in [1.82, 2.24) is 10.2 Å². The standard InChI is InChI=1S/C14H23BrN2S/c1-14(2,17-8-5-4-6-9-17)13(16-3)12-11(15)7-10-18-12/h7,10,13,16H,4-6,8-9H2,1-3H3. The van der Waals surface area contributed by atoms with E-state index in [0.717, 1.165) is 0 Å². The van der Waals surface area contributed by atoms with Crippen LogP contribution in [-0.4, -0.2) is 30.6 Å². The van der Waals surface area contributed by atoms with Crippen molar-refractivity contribution in [2.24, 2.45) is 0 Å². The summed E-state index contributed by atoms with van der Waals surface area (Å²) in [6.07, 6.45) is 4.07. The van der Waals surface area contributed by atoms with Gasteiger partial charge < -0.3 is 5.32 Å². The zero-order valence-electron chi connectivity index (χ0n) is 11.5. The van der Waals surface area contributed by atoms with E-state index in [4.69, 9.17) is 0 Å². The second-order valence-corrected chi connectivity index (χ2v) is 7.36. The molecule has 0 bridgehead atoms. The van der Waals surface area contributed by atoms with Gasteiger partial charge in [0.05, 0.1) is 6.04 Å². The average Bonchev–Trinajstić information content (AvgIpc) is 2.78. The van der Waals surface area contributed by atoms with Gasteiger partial charge >= 0.3 is 0 Å². The Morgan fingerprint density at radius 1 is 1.33 bits per heavy atom. The number of likely N-dealkylation sites (tertiary alicyclic amines) is 1. The highest BCUT2D eigenvalue weighted by Crippen LogP contribution is 2.38. The van der Waals surface area contributed by atoms with Crippen molar-refractivity contribution >= 4 is 27.3 Å². The molecule has 2 nitrogen and oxygen atoms in total. The molecule has 1 unspecified atom stereocenters. The van der Waals surface area contributed by atoms with Crippen LogP contribution in [0.25, 0.3) is 0 Å². The molecule has 1 aromatic heterocycles. The molecule has 1 atom stereocenters. The van der Waals surface area contributed by atoms with Gasteiger partial charge in [-0.15, -0.1) is 11.3 Å². The number of nitrogens with zero attached hydrogens (tertiary/aromatic N) is 1. The fraction of sp³-hybridized carbons (Fsp3) is 0.714. The van der Waals surface area contributed by atoms with Gasteiger partial charge in [-0.2, -0.15) is 0 Å². The summed E-state index contributed by atoms with van der Waals surface area (Å²) in [7, 11) is 2.07. The number of hydrogen-bond donors (Lipinski definition) is 1. The molecule has 0 aliphatic carbocycles. The molecule has 1 aliphatic heterocycles. The topological polar surface area (TPSA) is 15.3 Å². The van der Waals surface area contributed by atoms with Crippen LogP contribution in [-0.2, 0) is 0 Å². The number of rotatable bonds is 4. The maximum absolute atomic E-state index is 3.68. The second kappa shape index (κ2) is 6.04. The number of piperidine rings is 1. The highest BCUT2D eigenvalue weighted by Gasteiger charge is 2.37. The fourth-order valence-electron chi connectivity index (χ4n) is 2.97. The lowest BCUT2D eigenvalue weighted by molar-refractivity contribution is 0.0641. The van der Waals surface area contributed by atoms with E-state index in [0.29, 0.717) is 6.04 Å². The van der Waals surface area contributed by atoms with Gasteiger partial charge in [0.15, 0.2) is 0 Å². The second-order valence-electron chi connectivity index (χ2n) is 5.56. The zero-order chi connectivity index (χ0) is 13.2. The molecule has 1 saturated heterocycles. The SMILES string of the molecule is CNC(c1sccc1Br)C(C)(C)N1CCCCC1. The molecule has 2 rings (SSSR count). The Hall–Kier alpha value is 0.1000. The van der Waals surface area contributed by atoms with Gasteiger partial charge in [0, 0.05) is 14.9 Å². The third-order valence-corrected chi connectivity index (χ3v) is 6.01. The van der Waals surface area contributed by atoms with Gasteiger partial charge in [0.2, 0.25) is 0 Å². The quantitative estimate of drug-likeness (QED) is 0.896. The molecule has 0 spiro atoms. The van der Waals surface area contributed by atoms with Gasteiger partial charge in [-0.05, 0) is 74.2 Å². The van der Waals surface area contributed by atoms with Crippen molar-refractivity contribution in [3.63, 3.8) is 0 Å². The number of nitrogens with one attached hydrogen (secondary N) is 1. The van der Waals surface area contributed by atoms with Crippen molar-refractivity contribution in [3.05, 3.63) is 20.8 Å². The predicted molar refractivity (Wildman–Crippen MR) is 83.3 cm³/mol. The zero-order valence-corrected chi connectivity index (χ0v) is 13.9. The van der Waals surface area contributed by atoms with E-state index in [9.17, 15) is 0 Å². The van der Waals surface area contributed by atoms with Crippen molar-refractivity contribution in [2.45, 2.75) is 44.7 Å². The van der Waals surface area contributed by atoms with Crippen LogP contribution in [0.1, 0.15) is 44.0 Å². The summed E-state index contributed by atoms with van der Waals surface area (Å²) < 4.78 is 1.23. The van der Waals surface area contributed by atoms with Gasteiger partial charge in [0.1, 0.15) is 0 Å². The Morgan fingerprint density at radius 2 is 2.00 bits per heavy atom. The molecule has 0 amide bonds. The van der Waals surface area contributed by atoms with Crippen LogP contribution in [0.3, 0.4) is 0 Å². The monoisotopic (exact) mass is 330 g/mol. The normalized spacial score (nSPS) is 20.0. The first-order valence-electron chi connectivity index (χ1n) is 6.72. The molecule has 0 aromatic carbocycles. The summed E-state index contributed by atoms with van der Waals surface area (Å²) in [5.41, 5.74) is 0.155. The van der Waals surface area contributed by atoms with E-state index in [2.05, 4.69) is 58.5 Å². The number of halogens is 1. The van der Waals surface area contributed by atoms with Crippen LogP contribution >= 0.6 is 27.3 Å². The molecular weight excluding hydrogens is 308 g/mol. The minimum absolute atomic E-state index is 0.155. The molecule has 18 heavy (non-hydrogen) atoms. The first-order chi connectivity index (χ1) is 8.57. The van der Waals surface area contributed by atoms with Gasteiger partial charge in [-0.1, -0.05) is 6.42 Å². The van der Waals surface area contributed by atoms with Gasteiger partial charge in [-0.3, -0.25) is 4.90 Å². The predicted octanol–water partition coefficient (Wildman–Crippen LogP) is 4.04. The van der Waals surface area contributed by atoms with Gasteiger partial charge in [-0.25, -0.2) is 0 Å². The summed E-state index contributed by atoms with van der Waals surface area (Å²) in [4.78, 5) is 4.05. The van der Waals surface area contributed by atoms with Crippen LogP contribution in [0, 0.1) is 0 Å². The maximum atomic E-state index is 3.68. The van der Waals surface area contributed by atoms with E-state index in [-0.39, 0.29) is 5.54 Å². The molecule has 4 heteroatoms. The van der Waals surface area contributed by atoms with Crippen molar-refractivity contribution in [2.75, 3.05) is 20.1 Å². The molecule has 1 N–H and O–H groups in total. The molecule has 1 fully saturated rings. The lowest BCUT2D eigenvalue weighted by atomic mass is 9.89. The third kappa shape index (κ3) is 2.82. The summed E-state index contributed by atoms with van der Waals surface area (Å²) in [6, 6.07) is 2.53. The van der Waals surface area contributed by atoms with E-state index < -0.39 is 0 Å². The lowest BCUT2D eigenvalue weighted by Crippen LogP contribution is -2.53. The Morgan fingerprint density at radius 3 is 2.50 bits per heavy atom. The molecule has 102 valence electrons. The lowest BCUT2D eigenvalue weighted by Gasteiger charge is -2.45. The number of hydrogen-bond acceptors (Lipinski definition) is 3. The smallest absolute Gasteiger partial charge is 0.0605 e. The molecular formula is C14H23BrN2S. The molecule has 2 heterocycles. The third-order valence-electron chi connectivity index (χ3n) is 4.07. The maximum Gasteiger partial charge on any atom is 0.0605 e. The Labute approximate surface area is 123 Å². The largest absolute Gasteiger partial charge is 0.311 e. The average molecular weight is 331 g/mol. The van der Waals surface area contributed by atoms with Crippen LogP contribution in [0.2, 0.25) is 0 Å². The summed E-state index contributed by atoms with van der Waals surface area (Å²) in [6.45, 7) is 7.19.